The largest absolute Gasteiger partial charge is 0.379 e. The van der Waals surface area contributed by atoms with Gasteiger partial charge in [0, 0.05) is 30.6 Å². The van der Waals surface area contributed by atoms with Crippen LogP contribution in [0.15, 0.2) is 6.07 Å². The van der Waals surface area contributed by atoms with Crippen LogP contribution in [0.4, 0.5) is 0 Å². The predicted octanol–water partition coefficient (Wildman–Crippen LogP) is 2.86. The molecule has 1 fully saturated rings. The van der Waals surface area contributed by atoms with E-state index in [0.29, 0.717) is 0 Å². The first-order valence-electron chi connectivity index (χ1n) is 8.95. The van der Waals surface area contributed by atoms with E-state index in [4.69, 9.17) is 4.74 Å². The van der Waals surface area contributed by atoms with Gasteiger partial charge in [-0.2, -0.15) is 0 Å². The van der Waals surface area contributed by atoms with Crippen molar-refractivity contribution in [1.82, 2.24) is 10.2 Å². The molecule has 0 bridgehead atoms. The monoisotopic (exact) mass is 336 g/mol. The summed E-state index contributed by atoms with van der Waals surface area (Å²) in [6.45, 7) is 6.54. The van der Waals surface area contributed by atoms with Crippen LogP contribution in [0.25, 0.3) is 0 Å². The van der Waals surface area contributed by atoms with Gasteiger partial charge in [-0.25, -0.2) is 0 Å². The Balaban J connectivity index is 1.55. The van der Waals surface area contributed by atoms with Gasteiger partial charge in [-0.05, 0) is 44.2 Å². The minimum absolute atomic E-state index is 0.0995. The van der Waals surface area contributed by atoms with Crippen molar-refractivity contribution in [2.75, 3.05) is 32.8 Å². The molecule has 1 N–H and O–H groups in total. The van der Waals surface area contributed by atoms with Gasteiger partial charge in [0.2, 0.25) is 0 Å². The Hall–Kier alpha value is -0.910. The van der Waals surface area contributed by atoms with Gasteiger partial charge < -0.3 is 10.1 Å². The van der Waals surface area contributed by atoms with Crippen molar-refractivity contribution < 1.29 is 9.53 Å². The van der Waals surface area contributed by atoms with E-state index in [9.17, 15) is 4.79 Å². The van der Waals surface area contributed by atoms with Crippen LogP contribution in [0.3, 0.4) is 0 Å². The van der Waals surface area contributed by atoms with Crippen molar-refractivity contribution in [1.29, 1.82) is 0 Å². The number of thiophene rings is 1. The third-order valence-electron chi connectivity index (χ3n) is 4.73. The maximum absolute atomic E-state index is 12.5. The quantitative estimate of drug-likeness (QED) is 0.919. The highest BCUT2D eigenvalue weighted by molar-refractivity contribution is 7.14. The fourth-order valence-electron chi connectivity index (χ4n) is 3.47. The molecule has 1 aromatic heterocycles. The van der Waals surface area contributed by atoms with Crippen LogP contribution in [0.2, 0.25) is 0 Å². The van der Waals surface area contributed by atoms with Gasteiger partial charge >= 0.3 is 0 Å². The fourth-order valence-corrected chi connectivity index (χ4v) is 4.62. The maximum Gasteiger partial charge on any atom is 0.261 e. The summed E-state index contributed by atoms with van der Waals surface area (Å²) in [7, 11) is 0. The van der Waals surface area contributed by atoms with Crippen molar-refractivity contribution in [2.24, 2.45) is 0 Å². The molecule has 1 saturated heterocycles. The number of carbonyl (C=O) groups is 1. The van der Waals surface area contributed by atoms with Crippen LogP contribution < -0.4 is 5.32 Å². The number of fused-ring (bicyclic) bond motifs is 1. The number of ether oxygens (including phenoxy) is 1. The molecular weight excluding hydrogens is 308 g/mol. The maximum atomic E-state index is 12.5. The van der Waals surface area contributed by atoms with Crippen molar-refractivity contribution >= 4 is 17.2 Å². The molecule has 3 rings (SSSR count). The Morgan fingerprint density at radius 2 is 2.00 bits per heavy atom. The number of morpholine rings is 1. The van der Waals surface area contributed by atoms with Crippen LogP contribution in [0.1, 0.15) is 52.7 Å². The van der Waals surface area contributed by atoms with Crippen molar-refractivity contribution in [3.8, 4) is 0 Å². The molecule has 1 amide bonds. The lowest BCUT2D eigenvalue weighted by atomic mass is 10.00. The summed E-state index contributed by atoms with van der Waals surface area (Å²) in [4.78, 5) is 17.2. The smallest absolute Gasteiger partial charge is 0.261 e. The van der Waals surface area contributed by atoms with Crippen molar-refractivity contribution in [3.63, 3.8) is 0 Å². The first kappa shape index (κ1) is 16.9. The summed E-state index contributed by atoms with van der Waals surface area (Å²) in [6, 6.07) is 2.31. The standard InChI is InChI=1S/C18H28N2O2S/c1-14(13-20-8-10-22-11-9-20)19-18(21)17-12-15-6-4-2-3-5-7-16(15)23-17/h12,14H,2-11,13H2,1H3,(H,19,21)/t14-/m1/s1. The predicted molar refractivity (Wildman–Crippen MR) is 94.4 cm³/mol. The Morgan fingerprint density at radius 1 is 1.26 bits per heavy atom. The van der Waals surface area contributed by atoms with E-state index in [2.05, 4.69) is 23.2 Å². The third-order valence-corrected chi connectivity index (χ3v) is 5.97. The van der Waals surface area contributed by atoms with E-state index < -0.39 is 0 Å². The lowest BCUT2D eigenvalue weighted by molar-refractivity contribution is 0.0342. The average Bonchev–Trinajstić information content (AvgIpc) is 2.90. The van der Waals surface area contributed by atoms with Gasteiger partial charge in [0.1, 0.15) is 0 Å². The zero-order chi connectivity index (χ0) is 16.1. The SMILES string of the molecule is C[C@H](CN1CCOCC1)NC(=O)c1cc2c(s1)CCCCCC2. The second-order valence-corrected chi connectivity index (χ2v) is 7.90. The molecule has 128 valence electrons. The summed E-state index contributed by atoms with van der Waals surface area (Å²) in [6.07, 6.45) is 7.47. The molecule has 1 atom stereocenters. The minimum atomic E-state index is 0.0995. The molecule has 23 heavy (non-hydrogen) atoms. The zero-order valence-electron chi connectivity index (χ0n) is 14.1. The summed E-state index contributed by atoms with van der Waals surface area (Å²) < 4.78 is 5.37. The van der Waals surface area contributed by atoms with E-state index in [1.807, 2.05) is 0 Å². The minimum Gasteiger partial charge on any atom is -0.379 e. The van der Waals surface area contributed by atoms with Gasteiger partial charge in [0.15, 0.2) is 0 Å². The Labute approximate surface area is 143 Å². The molecule has 4 nitrogen and oxygen atoms in total. The first-order valence-corrected chi connectivity index (χ1v) is 9.76. The van der Waals surface area contributed by atoms with E-state index >= 15 is 0 Å². The number of aryl methyl sites for hydroxylation is 2. The molecule has 1 aliphatic carbocycles. The molecule has 0 radical (unpaired) electrons. The number of nitrogens with zero attached hydrogens (tertiary/aromatic N) is 1. The number of hydrogen-bond acceptors (Lipinski definition) is 4. The molecule has 0 saturated carbocycles. The summed E-state index contributed by atoms with van der Waals surface area (Å²) >= 11 is 1.71. The van der Waals surface area contributed by atoms with Crippen LogP contribution in [0, 0.1) is 0 Å². The van der Waals surface area contributed by atoms with Gasteiger partial charge in [-0.15, -0.1) is 11.3 Å². The van der Waals surface area contributed by atoms with Crippen LogP contribution in [0.5, 0.6) is 0 Å². The summed E-state index contributed by atoms with van der Waals surface area (Å²) in [5.41, 5.74) is 1.42. The molecule has 0 aromatic carbocycles. The third kappa shape index (κ3) is 4.78. The van der Waals surface area contributed by atoms with Gasteiger partial charge in [-0.3, -0.25) is 9.69 Å². The summed E-state index contributed by atoms with van der Waals surface area (Å²) in [5, 5.41) is 3.17. The molecular formula is C18H28N2O2S. The van der Waals surface area contributed by atoms with E-state index in [1.165, 1.54) is 36.1 Å². The Morgan fingerprint density at radius 3 is 2.78 bits per heavy atom. The molecule has 1 aliphatic heterocycles. The number of rotatable bonds is 4. The molecule has 1 aromatic rings. The second kappa shape index (κ2) is 8.27. The number of carbonyl (C=O) groups excluding carboxylic acids is 1. The van der Waals surface area contributed by atoms with Gasteiger partial charge in [-0.1, -0.05) is 12.8 Å². The highest BCUT2D eigenvalue weighted by Gasteiger charge is 2.19. The lowest BCUT2D eigenvalue weighted by Gasteiger charge is -2.29. The molecule has 0 spiro atoms. The Kier molecular flexibility index (Phi) is 6.08. The topological polar surface area (TPSA) is 41.6 Å². The fraction of sp³-hybridized carbons (Fsp3) is 0.722. The van der Waals surface area contributed by atoms with Crippen LogP contribution >= 0.6 is 11.3 Å². The lowest BCUT2D eigenvalue weighted by Crippen LogP contribution is -2.45. The van der Waals surface area contributed by atoms with E-state index in [1.54, 1.807) is 11.3 Å². The normalized spacial score (nSPS) is 21.1. The summed E-state index contributed by atoms with van der Waals surface area (Å²) in [5.74, 6) is 0.0995. The number of hydrogen-bond donors (Lipinski definition) is 1. The van der Waals surface area contributed by atoms with Crippen LogP contribution in [-0.4, -0.2) is 49.7 Å². The molecule has 0 unspecified atom stereocenters. The highest BCUT2D eigenvalue weighted by atomic mass is 32.1. The average molecular weight is 337 g/mol. The van der Waals surface area contributed by atoms with E-state index in [-0.39, 0.29) is 11.9 Å². The Bertz CT molecular complexity index is 498. The van der Waals surface area contributed by atoms with Crippen molar-refractivity contribution in [2.45, 2.75) is 51.5 Å². The van der Waals surface area contributed by atoms with Gasteiger partial charge in [0.05, 0.1) is 18.1 Å². The zero-order valence-corrected chi connectivity index (χ0v) is 14.9. The number of nitrogens with one attached hydrogen (secondary N) is 1. The van der Waals surface area contributed by atoms with Gasteiger partial charge in [0.25, 0.3) is 5.91 Å². The first-order chi connectivity index (χ1) is 11.2. The second-order valence-electron chi connectivity index (χ2n) is 6.76. The van der Waals surface area contributed by atoms with Crippen LogP contribution in [-0.2, 0) is 17.6 Å². The molecule has 2 aliphatic rings. The molecule has 2 heterocycles. The molecule has 5 heteroatoms. The van der Waals surface area contributed by atoms with E-state index in [0.717, 1.165) is 50.6 Å². The van der Waals surface area contributed by atoms with Crippen molar-refractivity contribution in [3.05, 3.63) is 21.4 Å². The highest BCUT2D eigenvalue weighted by Crippen LogP contribution is 2.28. The number of amides is 1.